The molecule has 5 heteroatoms. The molecule has 0 spiro atoms. The quantitative estimate of drug-likeness (QED) is 0.710. The molecule has 0 saturated carbocycles. The van der Waals surface area contributed by atoms with Crippen LogP contribution in [0.5, 0.6) is 0 Å². The zero-order valence-electron chi connectivity index (χ0n) is 14.9. The molecule has 0 fully saturated rings. The molecule has 1 atom stereocenters. The average Bonchev–Trinajstić information content (AvgIpc) is 3.18. The Morgan fingerprint density at radius 2 is 1.65 bits per heavy atom. The van der Waals surface area contributed by atoms with Crippen LogP contribution in [-0.4, -0.2) is 36.0 Å². The molecule has 0 bridgehead atoms. The number of benzene rings is 2. The van der Waals surface area contributed by atoms with Gasteiger partial charge in [0.05, 0.1) is 6.04 Å². The van der Waals surface area contributed by atoms with Crippen molar-refractivity contribution in [1.82, 2.24) is 14.8 Å². The predicted octanol–water partition coefficient (Wildman–Crippen LogP) is 4.16. The maximum absolute atomic E-state index is 12.5. The monoisotopic (exact) mass is 367 g/mol. The molecule has 134 valence electrons. The molecule has 26 heavy (non-hydrogen) atoms. The number of nitrogens with zero attached hydrogens (tertiary/aromatic N) is 2. The molecule has 0 radical (unpaired) electrons. The number of hydrogen-bond donors (Lipinski definition) is 1. The van der Waals surface area contributed by atoms with Gasteiger partial charge in [0.15, 0.2) is 0 Å². The van der Waals surface area contributed by atoms with Crippen LogP contribution in [-0.2, 0) is 0 Å². The summed E-state index contributed by atoms with van der Waals surface area (Å²) in [5, 5.41) is 3.73. The third-order valence-electron chi connectivity index (χ3n) is 4.37. The highest BCUT2D eigenvalue weighted by Gasteiger charge is 2.16. The van der Waals surface area contributed by atoms with Crippen LogP contribution in [0.15, 0.2) is 73.1 Å². The number of hydrogen-bond acceptors (Lipinski definition) is 2. The fourth-order valence-corrected chi connectivity index (χ4v) is 2.99. The normalized spacial score (nSPS) is 12.2. The van der Waals surface area contributed by atoms with Crippen LogP contribution >= 0.6 is 11.6 Å². The van der Waals surface area contributed by atoms with Crippen LogP contribution in [0.3, 0.4) is 0 Å². The third-order valence-corrected chi connectivity index (χ3v) is 4.62. The van der Waals surface area contributed by atoms with Crippen molar-refractivity contribution in [3.05, 3.63) is 89.2 Å². The lowest BCUT2D eigenvalue weighted by atomic mass is 10.1. The highest BCUT2D eigenvalue weighted by Crippen LogP contribution is 2.20. The Bertz CT molecular complexity index is 840. The smallest absolute Gasteiger partial charge is 0.251 e. The van der Waals surface area contributed by atoms with Gasteiger partial charge in [0.1, 0.15) is 0 Å². The Morgan fingerprint density at radius 1 is 1.04 bits per heavy atom. The number of carbonyl (C=O) groups is 1. The van der Waals surface area contributed by atoms with Gasteiger partial charge in [-0.3, -0.25) is 4.79 Å². The first-order valence-corrected chi connectivity index (χ1v) is 8.86. The number of halogens is 1. The molecule has 0 aliphatic heterocycles. The van der Waals surface area contributed by atoms with E-state index in [4.69, 9.17) is 11.6 Å². The second kappa shape index (κ2) is 8.21. The molecule has 1 heterocycles. The molecule has 4 nitrogen and oxygen atoms in total. The van der Waals surface area contributed by atoms with Crippen molar-refractivity contribution in [1.29, 1.82) is 0 Å². The zero-order valence-corrected chi connectivity index (χ0v) is 15.6. The Morgan fingerprint density at radius 3 is 2.23 bits per heavy atom. The van der Waals surface area contributed by atoms with E-state index >= 15 is 0 Å². The summed E-state index contributed by atoms with van der Waals surface area (Å²) in [6, 6.07) is 19.3. The van der Waals surface area contributed by atoms with Gasteiger partial charge < -0.3 is 14.8 Å². The van der Waals surface area contributed by atoms with Crippen LogP contribution in [0.2, 0.25) is 5.02 Å². The number of aromatic nitrogens is 1. The van der Waals surface area contributed by atoms with Crippen molar-refractivity contribution in [2.75, 3.05) is 20.6 Å². The van der Waals surface area contributed by atoms with Gasteiger partial charge >= 0.3 is 0 Å². The van der Waals surface area contributed by atoms with Gasteiger partial charge in [0, 0.05) is 35.2 Å². The highest BCUT2D eigenvalue weighted by molar-refractivity contribution is 6.30. The number of amides is 1. The fourth-order valence-electron chi connectivity index (χ4n) is 2.87. The molecule has 2 aromatic carbocycles. The van der Waals surface area contributed by atoms with Crippen LogP contribution < -0.4 is 5.32 Å². The maximum Gasteiger partial charge on any atom is 0.251 e. The summed E-state index contributed by atoms with van der Waals surface area (Å²) in [4.78, 5) is 14.6. The molecular formula is C21H22ClN3O. The van der Waals surface area contributed by atoms with Crippen LogP contribution in [0.4, 0.5) is 0 Å². The van der Waals surface area contributed by atoms with Crippen molar-refractivity contribution in [3.63, 3.8) is 0 Å². The Balaban J connectivity index is 1.65. The molecule has 1 N–H and O–H groups in total. The van der Waals surface area contributed by atoms with Crippen molar-refractivity contribution in [3.8, 4) is 5.69 Å². The predicted molar refractivity (Wildman–Crippen MR) is 106 cm³/mol. The van der Waals surface area contributed by atoms with Gasteiger partial charge in [-0.25, -0.2) is 0 Å². The lowest BCUT2D eigenvalue weighted by molar-refractivity contribution is 0.0942. The Kier molecular flexibility index (Phi) is 5.76. The van der Waals surface area contributed by atoms with E-state index in [9.17, 15) is 4.79 Å². The number of carbonyl (C=O) groups excluding carboxylic acids is 1. The standard InChI is InChI=1S/C21H22ClN3O/c1-24(2)20(16-5-9-18(22)10-6-16)15-23-21(26)17-7-11-19(12-8-17)25-13-3-4-14-25/h3-14,20H,15H2,1-2H3,(H,23,26). The molecule has 0 saturated heterocycles. The molecule has 0 aliphatic rings. The van der Waals surface area contributed by atoms with E-state index in [1.165, 1.54) is 0 Å². The number of nitrogens with one attached hydrogen (secondary N) is 1. The molecular weight excluding hydrogens is 346 g/mol. The zero-order chi connectivity index (χ0) is 18.5. The molecule has 1 aromatic heterocycles. The van der Waals surface area contributed by atoms with Gasteiger partial charge in [-0.2, -0.15) is 0 Å². The first kappa shape index (κ1) is 18.2. The van der Waals surface area contributed by atoms with Crippen molar-refractivity contribution in [2.24, 2.45) is 0 Å². The summed E-state index contributed by atoms with van der Waals surface area (Å²) in [6.45, 7) is 0.521. The largest absolute Gasteiger partial charge is 0.350 e. The van der Waals surface area contributed by atoms with Gasteiger partial charge in [-0.1, -0.05) is 23.7 Å². The lowest BCUT2D eigenvalue weighted by Crippen LogP contribution is -2.34. The first-order chi connectivity index (χ1) is 12.5. The van der Waals surface area contributed by atoms with Crippen molar-refractivity contribution >= 4 is 17.5 Å². The van der Waals surface area contributed by atoms with E-state index in [1.807, 2.05) is 91.7 Å². The second-order valence-corrected chi connectivity index (χ2v) is 6.81. The summed E-state index contributed by atoms with van der Waals surface area (Å²) < 4.78 is 2.00. The third kappa shape index (κ3) is 4.34. The van der Waals surface area contributed by atoms with Gasteiger partial charge in [-0.05, 0) is 68.2 Å². The average molecular weight is 368 g/mol. The Hall–Kier alpha value is -2.56. The summed E-state index contributed by atoms with van der Waals surface area (Å²) in [7, 11) is 3.99. The Labute approximate surface area is 159 Å². The number of rotatable bonds is 6. The van der Waals surface area contributed by atoms with Crippen molar-refractivity contribution < 1.29 is 4.79 Å². The molecule has 3 rings (SSSR count). The van der Waals surface area contributed by atoms with E-state index in [0.717, 1.165) is 11.3 Å². The summed E-state index contributed by atoms with van der Waals surface area (Å²) in [6.07, 6.45) is 3.95. The fraction of sp³-hybridized carbons (Fsp3) is 0.190. The molecule has 1 amide bonds. The van der Waals surface area contributed by atoms with E-state index in [0.29, 0.717) is 17.1 Å². The summed E-state index contributed by atoms with van der Waals surface area (Å²) >= 11 is 5.97. The van der Waals surface area contributed by atoms with E-state index < -0.39 is 0 Å². The first-order valence-electron chi connectivity index (χ1n) is 8.48. The van der Waals surface area contributed by atoms with E-state index in [-0.39, 0.29) is 11.9 Å². The topological polar surface area (TPSA) is 37.3 Å². The van der Waals surface area contributed by atoms with E-state index in [1.54, 1.807) is 0 Å². The van der Waals surface area contributed by atoms with Gasteiger partial charge in [0.2, 0.25) is 0 Å². The summed E-state index contributed by atoms with van der Waals surface area (Å²) in [5.41, 5.74) is 2.79. The van der Waals surface area contributed by atoms with E-state index in [2.05, 4.69) is 10.2 Å². The minimum Gasteiger partial charge on any atom is -0.350 e. The molecule has 0 aliphatic carbocycles. The van der Waals surface area contributed by atoms with Crippen LogP contribution in [0.1, 0.15) is 22.0 Å². The van der Waals surface area contributed by atoms with Gasteiger partial charge in [0.25, 0.3) is 5.91 Å². The number of likely N-dealkylation sites (N-methyl/N-ethyl adjacent to an activating group) is 1. The molecule has 3 aromatic rings. The van der Waals surface area contributed by atoms with Crippen molar-refractivity contribution in [2.45, 2.75) is 6.04 Å². The molecule has 1 unspecified atom stereocenters. The highest BCUT2D eigenvalue weighted by atomic mass is 35.5. The van der Waals surface area contributed by atoms with Crippen LogP contribution in [0, 0.1) is 0 Å². The lowest BCUT2D eigenvalue weighted by Gasteiger charge is -2.25. The van der Waals surface area contributed by atoms with Crippen LogP contribution in [0.25, 0.3) is 5.69 Å². The minimum atomic E-state index is -0.0788. The maximum atomic E-state index is 12.5. The minimum absolute atomic E-state index is 0.0788. The SMILES string of the molecule is CN(C)C(CNC(=O)c1ccc(-n2cccc2)cc1)c1ccc(Cl)cc1. The summed E-state index contributed by atoms with van der Waals surface area (Å²) in [5.74, 6) is -0.0788. The second-order valence-electron chi connectivity index (χ2n) is 6.38. The van der Waals surface area contributed by atoms with Gasteiger partial charge in [-0.15, -0.1) is 0 Å².